The molecule has 0 aliphatic carbocycles. The molecule has 0 bridgehead atoms. The van der Waals surface area contributed by atoms with Gasteiger partial charge in [-0.1, -0.05) is 35.9 Å². The van der Waals surface area contributed by atoms with Crippen molar-refractivity contribution in [2.24, 2.45) is 0 Å². The van der Waals surface area contributed by atoms with Crippen LogP contribution in [0.5, 0.6) is 17.2 Å². The third kappa shape index (κ3) is 3.87. The van der Waals surface area contributed by atoms with Gasteiger partial charge in [-0.2, -0.15) is 0 Å². The summed E-state index contributed by atoms with van der Waals surface area (Å²) < 4.78 is 30.8. The Morgan fingerprint density at radius 2 is 1.94 bits per heavy atom. The highest BCUT2D eigenvalue weighted by molar-refractivity contribution is 6.31. The van der Waals surface area contributed by atoms with Gasteiger partial charge in [-0.3, -0.25) is 4.79 Å². The number of ketones is 1. The predicted molar refractivity (Wildman–Crippen MR) is 120 cm³/mol. The van der Waals surface area contributed by atoms with Crippen LogP contribution in [0.25, 0.3) is 6.08 Å². The molecule has 2 aliphatic heterocycles. The first-order chi connectivity index (χ1) is 15.5. The van der Waals surface area contributed by atoms with Crippen molar-refractivity contribution in [3.63, 3.8) is 0 Å². The van der Waals surface area contributed by atoms with Crippen molar-refractivity contribution < 1.29 is 23.4 Å². The molecule has 32 heavy (non-hydrogen) atoms. The highest BCUT2D eigenvalue weighted by atomic mass is 35.5. The van der Waals surface area contributed by atoms with Gasteiger partial charge in [0, 0.05) is 17.2 Å². The summed E-state index contributed by atoms with van der Waals surface area (Å²) in [5.74, 6) is 1.39. The molecule has 0 spiro atoms. The minimum absolute atomic E-state index is 0.162. The molecule has 0 fully saturated rings. The lowest BCUT2D eigenvalue weighted by atomic mass is 10.0. The van der Waals surface area contributed by atoms with Gasteiger partial charge in [-0.15, -0.1) is 0 Å². The first-order valence-corrected chi connectivity index (χ1v) is 10.5. The Labute approximate surface area is 189 Å². The van der Waals surface area contributed by atoms with Crippen molar-refractivity contribution >= 4 is 23.5 Å². The maximum Gasteiger partial charge on any atom is 0.231 e. The van der Waals surface area contributed by atoms with Crippen molar-refractivity contribution in [3.8, 4) is 17.2 Å². The number of benzene rings is 3. The Bertz CT molecular complexity index is 1290. The fourth-order valence-electron chi connectivity index (χ4n) is 3.63. The molecule has 0 aromatic heterocycles. The summed E-state index contributed by atoms with van der Waals surface area (Å²) in [5, 5.41) is 0.293. The Hall–Kier alpha value is -3.57. The summed E-state index contributed by atoms with van der Waals surface area (Å²) >= 11 is 6.05. The van der Waals surface area contributed by atoms with Gasteiger partial charge < -0.3 is 14.2 Å². The van der Waals surface area contributed by atoms with Crippen molar-refractivity contribution in [3.05, 3.63) is 106 Å². The van der Waals surface area contributed by atoms with Gasteiger partial charge in [0.05, 0.1) is 10.6 Å². The van der Waals surface area contributed by atoms with E-state index in [9.17, 15) is 9.18 Å². The Morgan fingerprint density at radius 1 is 1.09 bits per heavy atom. The molecular weight excluding hydrogens is 431 g/mol. The second-order valence-corrected chi connectivity index (χ2v) is 7.97. The smallest absolute Gasteiger partial charge is 0.231 e. The summed E-state index contributed by atoms with van der Waals surface area (Å²) in [7, 11) is 0. The molecule has 0 saturated carbocycles. The standard InChI is InChI=1S/C26H18ClFO4/c1-15-18(10-16-4-2-3-5-23(16)31-15)11-25-26(29)21-9-8-20(13-24(21)32-25)30-14-17-6-7-19(28)12-22(17)27/h2-13,15H,14H2,1H3/t15-/m1/s1. The number of allylic oxidation sites excluding steroid dienone is 1. The van der Waals surface area contributed by atoms with E-state index in [0.29, 0.717) is 27.6 Å². The zero-order chi connectivity index (χ0) is 22.2. The van der Waals surface area contributed by atoms with Gasteiger partial charge in [0.15, 0.2) is 5.76 Å². The molecule has 4 nitrogen and oxygen atoms in total. The fraction of sp³-hybridized carbons (Fsp3) is 0.115. The van der Waals surface area contributed by atoms with Gasteiger partial charge in [0.1, 0.15) is 35.8 Å². The molecule has 3 aromatic carbocycles. The van der Waals surface area contributed by atoms with Crippen molar-refractivity contribution in [2.75, 3.05) is 0 Å². The quantitative estimate of drug-likeness (QED) is 0.434. The number of carbonyl (C=O) groups excluding carboxylic acids is 1. The monoisotopic (exact) mass is 448 g/mol. The van der Waals surface area contributed by atoms with E-state index in [2.05, 4.69) is 0 Å². The van der Waals surface area contributed by atoms with Crippen LogP contribution in [0.3, 0.4) is 0 Å². The topological polar surface area (TPSA) is 44.8 Å². The number of para-hydroxylation sites is 1. The Kier molecular flexibility index (Phi) is 5.19. The molecule has 5 rings (SSSR count). The number of carbonyl (C=O) groups is 1. The average Bonchev–Trinajstić information content (AvgIpc) is 3.08. The van der Waals surface area contributed by atoms with Crippen LogP contribution in [-0.2, 0) is 6.61 Å². The van der Waals surface area contributed by atoms with Gasteiger partial charge in [0.25, 0.3) is 0 Å². The highest BCUT2D eigenvalue weighted by Crippen LogP contribution is 2.36. The van der Waals surface area contributed by atoms with Crippen LogP contribution in [0, 0.1) is 5.82 Å². The van der Waals surface area contributed by atoms with E-state index >= 15 is 0 Å². The van der Waals surface area contributed by atoms with Crippen LogP contribution in [0.15, 0.2) is 78.1 Å². The molecule has 2 aliphatic rings. The number of ether oxygens (including phenoxy) is 3. The molecule has 0 saturated heterocycles. The molecule has 0 N–H and O–H groups in total. The molecule has 0 unspecified atom stereocenters. The van der Waals surface area contributed by atoms with E-state index in [1.165, 1.54) is 12.1 Å². The van der Waals surface area contributed by atoms with Crippen LogP contribution in [0.4, 0.5) is 4.39 Å². The first-order valence-electron chi connectivity index (χ1n) is 10.1. The number of hydrogen-bond acceptors (Lipinski definition) is 4. The molecule has 160 valence electrons. The van der Waals surface area contributed by atoms with Crippen molar-refractivity contribution in [1.29, 1.82) is 0 Å². The molecule has 3 aromatic rings. The summed E-state index contributed by atoms with van der Waals surface area (Å²) in [6, 6.07) is 16.9. The summed E-state index contributed by atoms with van der Waals surface area (Å²) in [4.78, 5) is 12.8. The van der Waals surface area contributed by atoms with Gasteiger partial charge in [0.2, 0.25) is 5.78 Å². The molecular formula is C26H18ClFO4. The molecule has 1 atom stereocenters. The maximum atomic E-state index is 13.2. The molecule has 0 amide bonds. The van der Waals surface area contributed by atoms with Crippen LogP contribution < -0.4 is 14.2 Å². The lowest BCUT2D eigenvalue weighted by molar-refractivity contribution is 0.101. The molecule has 6 heteroatoms. The zero-order valence-corrected chi connectivity index (χ0v) is 17.9. The number of Topliss-reactive ketones (excluding diaryl/α,β-unsaturated/α-hetero) is 1. The number of halogens is 2. The third-order valence-corrected chi connectivity index (χ3v) is 5.71. The first kappa shape index (κ1) is 20.3. The fourth-order valence-corrected chi connectivity index (χ4v) is 3.85. The van der Waals surface area contributed by atoms with Gasteiger partial charge in [-0.05, 0) is 55.0 Å². The average molecular weight is 449 g/mol. The van der Waals surface area contributed by atoms with E-state index in [0.717, 1.165) is 16.9 Å². The zero-order valence-electron chi connectivity index (χ0n) is 17.1. The van der Waals surface area contributed by atoms with Crippen LogP contribution in [0.1, 0.15) is 28.4 Å². The molecule has 2 heterocycles. The van der Waals surface area contributed by atoms with E-state index in [1.807, 2.05) is 37.3 Å². The SMILES string of the molecule is C[C@H]1Oc2ccccc2C=C1C=C1Oc2cc(OCc3ccc(F)cc3Cl)ccc2C1=O. The van der Waals surface area contributed by atoms with E-state index in [4.69, 9.17) is 25.8 Å². The minimum atomic E-state index is -0.404. The second-order valence-electron chi connectivity index (χ2n) is 7.56. The third-order valence-electron chi connectivity index (χ3n) is 5.36. The van der Waals surface area contributed by atoms with Crippen molar-refractivity contribution in [2.45, 2.75) is 19.6 Å². The largest absolute Gasteiger partial charge is 0.489 e. The number of fused-ring (bicyclic) bond motifs is 2. The minimum Gasteiger partial charge on any atom is -0.489 e. The van der Waals surface area contributed by atoms with Crippen LogP contribution in [-0.4, -0.2) is 11.9 Å². The van der Waals surface area contributed by atoms with E-state index in [-0.39, 0.29) is 24.3 Å². The Morgan fingerprint density at radius 3 is 2.78 bits per heavy atom. The summed E-state index contributed by atoms with van der Waals surface area (Å²) in [5.41, 5.74) is 2.93. The number of rotatable bonds is 4. The van der Waals surface area contributed by atoms with E-state index < -0.39 is 5.82 Å². The van der Waals surface area contributed by atoms with Crippen molar-refractivity contribution in [1.82, 2.24) is 0 Å². The maximum absolute atomic E-state index is 13.2. The van der Waals surface area contributed by atoms with Gasteiger partial charge >= 0.3 is 0 Å². The normalized spacial score (nSPS) is 17.8. The van der Waals surface area contributed by atoms with Crippen LogP contribution in [0.2, 0.25) is 5.02 Å². The summed E-state index contributed by atoms with van der Waals surface area (Å²) in [6.45, 7) is 2.09. The van der Waals surface area contributed by atoms with Crippen LogP contribution >= 0.6 is 11.6 Å². The number of hydrogen-bond donors (Lipinski definition) is 0. The predicted octanol–water partition coefficient (Wildman–Crippen LogP) is 6.38. The lowest BCUT2D eigenvalue weighted by Crippen LogP contribution is -2.18. The lowest BCUT2D eigenvalue weighted by Gasteiger charge is -2.22. The van der Waals surface area contributed by atoms with E-state index in [1.54, 1.807) is 30.3 Å². The van der Waals surface area contributed by atoms with Gasteiger partial charge in [-0.25, -0.2) is 4.39 Å². The highest BCUT2D eigenvalue weighted by Gasteiger charge is 2.29. The Balaban J connectivity index is 1.35. The molecule has 0 radical (unpaired) electrons. The second kappa shape index (κ2) is 8.17. The summed E-state index contributed by atoms with van der Waals surface area (Å²) in [6.07, 6.45) is 3.51.